The highest BCUT2D eigenvalue weighted by molar-refractivity contribution is 6.31. The number of hydrogen-bond donors (Lipinski definition) is 1. The summed E-state index contributed by atoms with van der Waals surface area (Å²) >= 11 is 0. The van der Waals surface area contributed by atoms with E-state index in [4.69, 9.17) is 0 Å². The SMILES string of the molecule is CCN[Si]O[Si]. The minimum Gasteiger partial charge on any atom is -0.445 e. The molecule has 0 aromatic rings. The van der Waals surface area contributed by atoms with Crippen LogP contribution in [0.15, 0.2) is 0 Å². The van der Waals surface area contributed by atoms with Gasteiger partial charge in [-0.1, -0.05) is 6.92 Å². The maximum Gasteiger partial charge on any atom is 0.325 e. The molecule has 0 bridgehead atoms. The topological polar surface area (TPSA) is 21.3 Å². The Hall–Kier alpha value is 0.354. The second-order valence-corrected chi connectivity index (χ2v) is 2.11. The smallest absolute Gasteiger partial charge is 0.325 e. The van der Waals surface area contributed by atoms with E-state index in [0.29, 0.717) is 9.92 Å². The molecule has 0 fully saturated rings. The Labute approximate surface area is 43.8 Å². The van der Waals surface area contributed by atoms with Crippen molar-refractivity contribution in [2.75, 3.05) is 6.54 Å². The normalized spacial score (nSPS) is 9.00. The standard InChI is InChI=1S/C2H6NOSi2/c1-2-3-6-4-5/h3H,2H2,1H3. The molecule has 6 heavy (non-hydrogen) atoms. The van der Waals surface area contributed by atoms with Crippen molar-refractivity contribution in [3.8, 4) is 0 Å². The van der Waals surface area contributed by atoms with Crippen molar-refractivity contribution in [1.29, 1.82) is 0 Å². The van der Waals surface area contributed by atoms with Gasteiger partial charge in [0.25, 0.3) is 0 Å². The molecular weight excluding hydrogens is 110 g/mol. The lowest BCUT2D eigenvalue weighted by molar-refractivity contribution is 0.640. The van der Waals surface area contributed by atoms with E-state index >= 15 is 0 Å². The maximum absolute atomic E-state index is 4.50. The predicted molar refractivity (Wildman–Crippen MR) is 26.3 cm³/mol. The lowest BCUT2D eigenvalue weighted by Crippen LogP contribution is -2.19. The summed E-state index contributed by atoms with van der Waals surface area (Å²) in [6.45, 7) is 2.99. The number of hydrogen-bond acceptors (Lipinski definition) is 2. The highest BCUT2D eigenvalue weighted by Crippen LogP contribution is 1.49. The van der Waals surface area contributed by atoms with Crippen LogP contribution in [0.1, 0.15) is 6.92 Å². The fourth-order valence-corrected chi connectivity index (χ4v) is 0.541. The first-order valence-electron chi connectivity index (χ1n) is 1.72. The summed E-state index contributed by atoms with van der Waals surface area (Å²) in [6.07, 6.45) is 0. The molecule has 0 saturated carbocycles. The first-order valence-corrected chi connectivity index (χ1v) is 3.04. The summed E-state index contributed by atoms with van der Waals surface area (Å²) in [6, 6.07) is 0. The molecular formula is C2H6NOSi2. The predicted octanol–water partition coefficient (Wildman–Crippen LogP) is -0.770. The molecule has 0 atom stereocenters. The van der Waals surface area contributed by atoms with Crippen LogP contribution in [0.25, 0.3) is 0 Å². The molecule has 1 N–H and O–H groups in total. The van der Waals surface area contributed by atoms with E-state index in [2.05, 4.69) is 19.6 Å². The van der Waals surface area contributed by atoms with Crippen LogP contribution in [0.5, 0.6) is 0 Å². The van der Waals surface area contributed by atoms with E-state index in [0.717, 1.165) is 6.54 Å². The molecule has 0 amide bonds. The highest BCUT2D eigenvalue weighted by atomic mass is 28.3. The monoisotopic (exact) mass is 116 g/mol. The van der Waals surface area contributed by atoms with Crippen LogP contribution in [0.2, 0.25) is 0 Å². The van der Waals surface area contributed by atoms with Crippen molar-refractivity contribution in [3.63, 3.8) is 0 Å². The molecule has 0 unspecified atom stereocenters. The van der Waals surface area contributed by atoms with E-state index in [9.17, 15) is 0 Å². The second-order valence-electron chi connectivity index (χ2n) is 0.734. The molecule has 0 aliphatic rings. The minimum atomic E-state index is 0.378. The Morgan fingerprint density at radius 1 is 2.00 bits per heavy atom. The average Bonchev–Trinajstić information content (AvgIpc) is 1.61. The van der Waals surface area contributed by atoms with Gasteiger partial charge in [-0.25, -0.2) is 0 Å². The molecule has 2 nitrogen and oxygen atoms in total. The number of rotatable bonds is 3. The minimum absolute atomic E-state index is 0.378. The fraction of sp³-hybridized carbons (Fsp3) is 1.00. The molecule has 0 aromatic carbocycles. The van der Waals surface area contributed by atoms with E-state index < -0.39 is 0 Å². The van der Waals surface area contributed by atoms with Gasteiger partial charge in [-0.05, 0) is 6.54 Å². The van der Waals surface area contributed by atoms with Crippen LogP contribution < -0.4 is 4.98 Å². The lowest BCUT2D eigenvalue weighted by atomic mass is 10.8. The number of nitrogens with one attached hydrogen (secondary N) is 1. The Bertz CT molecular complexity index is 23.5. The summed E-state index contributed by atoms with van der Waals surface area (Å²) in [4.78, 5) is 2.95. The summed E-state index contributed by atoms with van der Waals surface area (Å²) in [5.41, 5.74) is 0. The zero-order valence-corrected chi connectivity index (χ0v) is 5.62. The van der Waals surface area contributed by atoms with Crippen molar-refractivity contribution in [2.24, 2.45) is 0 Å². The van der Waals surface area contributed by atoms with Gasteiger partial charge in [0, 0.05) is 0 Å². The third kappa shape index (κ3) is 4.35. The molecule has 5 radical (unpaired) electrons. The molecule has 0 heterocycles. The Morgan fingerprint density at radius 3 is 2.83 bits per heavy atom. The van der Waals surface area contributed by atoms with Crippen molar-refractivity contribution >= 4 is 20.4 Å². The molecule has 0 spiro atoms. The van der Waals surface area contributed by atoms with E-state index in [-0.39, 0.29) is 0 Å². The van der Waals surface area contributed by atoms with Gasteiger partial charge in [0.15, 0.2) is 0 Å². The molecule has 4 heteroatoms. The largest absolute Gasteiger partial charge is 0.445 e. The van der Waals surface area contributed by atoms with Gasteiger partial charge in [-0.3, -0.25) is 0 Å². The summed E-state index contributed by atoms with van der Waals surface area (Å²) < 4.78 is 4.50. The molecule has 33 valence electrons. The second kappa shape index (κ2) is 5.35. The van der Waals surface area contributed by atoms with Crippen LogP contribution in [0, 0.1) is 0 Å². The van der Waals surface area contributed by atoms with Gasteiger partial charge in [0.2, 0.25) is 10.5 Å². The van der Waals surface area contributed by atoms with Crippen molar-refractivity contribution in [1.82, 2.24) is 4.98 Å². The molecule has 0 aliphatic carbocycles. The van der Waals surface area contributed by atoms with Gasteiger partial charge < -0.3 is 9.10 Å². The molecule has 0 aromatic heterocycles. The average molecular weight is 116 g/mol. The van der Waals surface area contributed by atoms with Crippen molar-refractivity contribution in [3.05, 3.63) is 0 Å². The van der Waals surface area contributed by atoms with E-state index in [1.54, 1.807) is 0 Å². The first-order chi connectivity index (χ1) is 2.91. The molecule has 0 saturated heterocycles. The third-order valence-corrected chi connectivity index (χ3v) is 1.21. The maximum atomic E-state index is 4.50. The quantitative estimate of drug-likeness (QED) is 0.386. The van der Waals surface area contributed by atoms with Crippen LogP contribution in [-0.2, 0) is 4.12 Å². The van der Waals surface area contributed by atoms with Crippen LogP contribution in [0.3, 0.4) is 0 Å². The Kier molecular flexibility index (Phi) is 5.67. The van der Waals surface area contributed by atoms with Gasteiger partial charge in [0.1, 0.15) is 0 Å². The Balaban J connectivity index is 2.34. The van der Waals surface area contributed by atoms with E-state index in [1.165, 1.54) is 0 Å². The zero-order chi connectivity index (χ0) is 4.83. The van der Waals surface area contributed by atoms with Crippen molar-refractivity contribution < 1.29 is 4.12 Å². The lowest BCUT2D eigenvalue weighted by Gasteiger charge is -1.89. The van der Waals surface area contributed by atoms with Crippen LogP contribution in [-0.4, -0.2) is 27.0 Å². The molecule has 0 aliphatic heterocycles. The van der Waals surface area contributed by atoms with Crippen molar-refractivity contribution in [2.45, 2.75) is 6.92 Å². The summed E-state index contributed by atoms with van der Waals surface area (Å²) in [5, 5.41) is 0. The fourth-order valence-electron chi connectivity index (χ4n) is 0.108. The third-order valence-electron chi connectivity index (χ3n) is 0.300. The van der Waals surface area contributed by atoms with Gasteiger partial charge in [0.05, 0.1) is 0 Å². The zero-order valence-electron chi connectivity index (χ0n) is 3.62. The van der Waals surface area contributed by atoms with Crippen LogP contribution >= 0.6 is 0 Å². The van der Waals surface area contributed by atoms with E-state index in [1.807, 2.05) is 6.92 Å². The van der Waals surface area contributed by atoms with Crippen LogP contribution in [0.4, 0.5) is 0 Å². The Morgan fingerprint density at radius 2 is 2.67 bits per heavy atom. The van der Waals surface area contributed by atoms with Gasteiger partial charge >= 0.3 is 9.92 Å². The summed E-state index contributed by atoms with van der Waals surface area (Å²) in [5.74, 6) is 0. The van der Waals surface area contributed by atoms with Gasteiger partial charge in [-0.2, -0.15) is 0 Å². The highest BCUT2D eigenvalue weighted by Gasteiger charge is 1.76. The van der Waals surface area contributed by atoms with Gasteiger partial charge in [-0.15, -0.1) is 0 Å². The first kappa shape index (κ1) is 6.35. The summed E-state index contributed by atoms with van der Waals surface area (Å²) in [7, 11) is 3.22. The molecule has 0 rings (SSSR count).